The normalized spacial score (nSPS) is 19.4. The predicted molar refractivity (Wildman–Crippen MR) is 89.0 cm³/mol. The zero-order valence-corrected chi connectivity index (χ0v) is 14.4. The minimum absolute atomic E-state index is 0.152. The van der Waals surface area contributed by atoms with Crippen molar-refractivity contribution in [3.05, 3.63) is 21.4 Å². The summed E-state index contributed by atoms with van der Waals surface area (Å²) in [7, 11) is 4.22. The van der Waals surface area contributed by atoms with Crippen LogP contribution >= 0.6 is 11.3 Å². The number of nitrogens with one attached hydrogen (secondary N) is 1. The monoisotopic (exact) mass is 309 g/mol. The van der Waals surface area contributed by atoms with Gasteiger partial charge in [0.15, 0.2) is 0 Å². The number of hydrogen-bond donors (Lipinski definition) is 1. The van der Waals surface area contributed by atoms with Crippen LogP contribution in [0.25, 0.3) is 0 Å². The Morgan fingerprint density at radius 1 is 1.48 bits per heavy atom. The first-order valence-corrected chi connectivity index (χ1v) is 8.54. The van der Waals surface area contributed by atoms with Gasteiger partial charge in [0.25, 0.3) is 0 Å². The van der Waals surface area contributed by atoms with Crippen LogP contribution in [0.2, 0.25) is 0 Å². The SMILES string of the molecule is Cc1scc(CCNC(=O)CN2CC[C@@H](N(C)C)C2)c1C. The molecule has 0 aromatic carbocycles. The first-order valence-electron chi connectivity index (χ1n) is 7.66. The molecule has 4 nitrogen and oxygen atoms in total. The highest BCUT2D eigenvalue weighted by atomic mass is 32.1. The van der Waals surface area contributed by atoms with Gasteiger partial charge in [0.05, 0.1) is 6.54 Å². The van der Waals surface area contributed by atoms with Gasteiger partial charge < -0.3 is 10.2 Å². The van der Waals surface area contributed by atoms with E-state index in [1.807, 2.05) is 0 Å². The van der Waals surface area contributed by atoms with Crippen LogP contribution in [0.1, 0.15) is 22.4 Å². The van der Waals surface area contributed by atoms with Gasteiger partial charge in [0.1, 0.15) is 0 Å². The van der Waals surface area contributed by atoms with Crippen molar-refractivity contribution >= 4 is 17.2 Å². The van der Waals surface area contributed by atoms with Gasteiger partial charge in [-0.05, 0) is 57.3 Å². The molecule has 118 valence electrons. The third kappa shape index (κ3) is 4.53. The zero-order valence-electron chi connectivity index (χ0n) is 13.6. The van der Waals surface area contributed by atoms with Crippen LogP contribution in [0, 0.1) is 13.8 Å². The van der Waals surface area contributed by atoms with E-state index in [9.17, 15) is 4.79 Å². The molecule has 1 amide bonds. The van der Waals surface area contributed by atoms with E-state index < -0.39 is 0 Å². The maximum Gasteiger partial charge on any atom is 0.234 e. The Morgan fingerprint density at radius 3 is 2.81 bits per heavy atom. The Balaban J connectivity index is 1.67. The molecule has 1 aliphatic rings. The van der Waals surface area contributed by atoms with Gasteiger partial charge in [-0.25, -0.2) is 0 Å². The number of carbonyl (C=O) groups is 1. The van der Waals surface area contributed by atoms with Crippen LogP contribution in [0.3, 0.4) is 0 Å². The van der Waals surface area contributed by atoms with Crippen LogP contribution in [-0.4, -0.2) is 62.0 Å². The maximum atomic E-state index is 12.0. The fourth-order valence-corrected chi connectivity index (χ4v) is 3.70. The third-order valence-electron chi connectivity index (χ3n) is 4.45. The number of likely N-dealkylation sites (N-methyl/N-ethyl adjacent to an activating group) is 1. The second-order valence-electron chi connectivity index (χ2n) is 6.18. The fraction of sp³-hybridized carbons (Fsp3) is 0.688. The molecule has 5 heteroatoms. The topological polar surface area (TPSA) is 35.6 Å². The summed E-state index contributed by atoms with van der Waals surface area (Å²) in [6.45, 7) is 7.61. The van der Waals surface area contributed by atoms with E-state index in [0.717, 1.165) is 32.5 Å². The highest BCUT2D eigenvalue weighted by Crippen LogP contribution is 2.20. The van der Waals surface area contributed by atoms with Crippen molar-refractivity contribution < 1.29 is 4.79 Å². The van der Waals surface area contributed by atoms with E-state index >= 15 is 0 Å². The molecule has 0 radical (unpaired) electrons. The summed E-state index contributed by atoms with van der Waals surface area (Å²) in [6, 6.07) is 0.592. The van der Waals surface area contributed by atoms with Crippen molar-refractivity contribution in [2.24, 2.45) is 0 Å². The van der Waals surface area contributed by atoms with Crippen LogP contribution in [0.5, 0.6) is 0 Å². The summed E-state index contributed by atoms with van der Waals surface area (Å²) in [5.74, 6) is 0.152. The largest absolute Gasteiger partial charge is 0.355 e. The molecular formula is C16H27N3OS. The van der Waals surface area contributed by atoms with Crippen molar-refractivity contribution in [1.82, 2.24) is 15.1 Å². The molecule has 1 aromatic heterocycles. The highest BCUT2D eigenvalue weighted by Gasteiger charge is 2.24. The summed E-state index contributed by atoms with van der Waals surface area (Å²) < 4.78 is 0. The zero-order chi connectivity index (χ0) is 15.4. The van der Waals surface area contributed by atoms with E-state index in [2.05, 4.69) is 48.4 Å². The molecule has 0 saturated carbocycles. The van der Waals surface area contributed by atoms with E-state index in [4.69, 9.17) is 0 Å². The number of nitrogens with zero attached hydrogens (tertiary/aromatic N) is 2. The van der Waals surface area contributed by atoms with Crippen molar-refractivity contribution in [3.8, 4) is 0 Å². The maximum absolute atomic E-state index is 12.0. The Hall–Kier alpha value is -0.910. The number of thiophene rings is 1. The molecule has 0 spiro atoms. The second-order valence-corrected chi connectivity index (χ2v) is 7.27. The molecule has 0 aliphatic carbocycles. The van der Waals surface area contributed by atoms with Crippen molar-refractivity contribution in [3.63, 3.8) is 0 Å². The van der Waals surface area contributed by atoms with Gasteiger partial charge in [0.2, 0.25) is 5.91 Å². The van der Waals surface area contributed by atoms with Crippen molar-refractivity contribution in [2.75, 3.05) is 40.3 Å². The minimum Gasteiger partial charge on any atom is -0.355 e. The van der Waals surface area contributed by atoms with Crippen LogP contribution in [-0.2, 0) is 11.2 Å². The van der Waals surface area contributed by atoms with Crippen LogP contribution in [0.4, 0.5) is 0 Å². The number of likely N-dealkylation sites (tertiary alicyclic amines) is 1. The summed E-state index contributed by atoms with van der Waals surface area (Å²) in [4.78, 5) is 17.9. The van der Waals surface area contributed by atoms with Gasteiger partial charge in [-0.3, -0.25) is 9.69 Å². The smallest absolute Gasteiger partial charge is 0.234 e. The van der Waals surface area contributed by atoms with Crippen LogP contribution in [0.15, 0.2) is 5.38 Å². The summed E-state index contributed by atoms with van der Waals surface area (Å²) in [5, 5.41) is 5.26. The molecule has 2 rings (SSSR count). The van der Waals surface area contributed by atoms with Gasteiger partial charge in [-0.2, -0.15) is 0 Å². The van der Waals surface area contributed by atoms with Crippen molar-refractivity contribution in [2.45, 2.75) is 32.7 Å². The molecule has 2 heterocycles. The molecule has 1 N–H and O–H groups in total. The first-order chi connectivity index (χ1) is 9.97. The summed E-state index contributed by atoms with van der Waals surface area (Å²) in [6.07, 6.45) is 2.09. The lowest BCUT2D eigenvalue weighted by Crippen LogP contribution is -2.38. The van der Waals surface area contributed by atoms with Crippen LogP contribution < -0.4 is 5.32 Å². The molecule has 1 fully saturated rings. The van der Waals surface area contributed by atoms with Crippen molar-refractivity contribution in [1.29, 1.82) is 0 Å². The van der Waals surface area contributed by atoms with Gasteiger partial charge >= 0.3 is 0 Å². The third-order valence-corrected chi connectivity index (χ3v) is 5.51. The number of amides is 1. The van der Waals surface area contributed by atoms with Gasteiger partial charge in [-0.15, -0.1) is 11.3 Å². The lowest BCUT2D eigenvalue weighted by molar-refractivity contribution is -0.122. The molecule has 1 aliphatic heterocycles. The van der Waals surface area contributed by atoms with Gasteiger partial charge in [-0.1, -0.05) is 0 Å². The molecule has 1 saturated heterocycles. The Labute approximate surface area is 132 Å². The van der Waals surface area contributed by atoms with E-state index in [-0.39, 0.29) is 5.91 Å². The standard InChI is InChI=1S/C16H27N3OS/c1-12-13(2)21-11-14(12)5-7-17-16(20)10-19-8-6-15(9-19)18(3)4/h11,15H,5-10H2,1-4H3,(H,17,20)/t15-/m1/s1. The quantitative estimate of drug-likeness (QED) is 0.868. The number of rotatable bonds is 6. The Bertz CT molecular complexity index is 484. The average molecular weight is 309 g/mol. The summed E-state index contributed by atoms with van der Waals surface area (Å²) >= 11 is 1.79. The minimum atomic E-state index is 0.152. The number of carbonyl (C=O) groups excluding carboxylic acids is 1. The second kappa shape index (κ2) is 7.38. The molecule has 0 bridgehead atoms. The predicted octanol–water partition coefficient (Wildman–Crippen LogP) is 1.66. The lowest BCUT2D eigenvalue weighted by atomic mass is 10.1. The van der Waals surface area contributed by atoms with E-state index in [1.165, 1.54) is 16.0 Å². The molecule has 1 aromatic rings. The van der Waals surface area contributed by atoms with E-state index in [0.29, 0.717) is 12.6 Å². The van der Waals surface area contributed by atoms with E-state index in [1.54, 1.807) is 11.3 Å². The molecular weight excluding hydrogens is 282 g/mol. The molecule has 21 heavy (non-hydrogen) atoms. The fourth-order valence-electron chi connectivity index (χ4n) is 2.78. The average Bonchev–Trinajstić information content (AvgIpc) is 3.00. The highest BCUT2D eigenvalue weighted by molar-refractivity contribution is 7.10. The number of aryl methyl sites for hydroxylation is 1. The lowest BCUT2D eigenvalue weighted by Gasteiger charge is -2.20. The summed E-state index contributed by atoms with van der Waals surface area (Å²) in [5.41, 5.74) is 2.74. The Morgan fingerprint density at radius 2 is 2.24 bits per heavy atom. The molecule has 0 unspecified atom stereocenters. The number of hydrogen-bond acceptors (Lipinski definition) is 4. The Kier molecular flexibility index (Phi) is 5.79. The first kappa shape index (κ1) is 16.5. The molecule has 1 atom stereocenters. The van der Waals surface area contributed by atoms with Gasteiger partial charge in [0, 0.05) is 30.6 Å².